The van der Waals surface area contributed by atoms with Gasteiger partial charge in [-0.15, -0.1) is 0 Å². The van der Waals surface area contributed by atoms with Crippen molar-refractivity contribution in [1.82, 2.24) is 14.5 Å². The lowest BCUT2D eigenvalue weighted by atomic mass is 10.2. The van der Waals surface area contributed by atoms with Crippen molar-refractivity contribution in [3.8, 4) is 0 Å². The quantitative estimate of drug-likeness (QED) is 0.867. The third-order valence-corrected chi connectivity index (χ3v) is 4.73. The van der Waals surface area contributed by atoms with Gasteiger partial charge in [0.05, 0.1) is 16.1 Å². The molecule has 1 atom stereocenters. The summed E-state index contributed by atoms with van der Waals surface area (Å²) in [7, 11) is 0. The van der Waals surface area contributed by atoms with Gasteiger partial charge in [0.15, 0.2) is 4.77 Å². The Kier molecular flexibility index (Phi) is 3.84. The number of fused-ring (bicyclic) bond motifs is 1. The van der Waals surface area contributed by atoms with Crippen molar-refractivity contribution < 1.29 is 4.39 Å². The normalized spacial score (nSPS) is 20.1. The molecule has 3 nitrogen and oxygen atoms in total. The van der Waals surface area contributed by atoms with E-state index in [1.54, 1.807) is 6.07 Å². The zero-order valence-corrected chi connectivity index (χ0v) is 12.9. The van der Waals surface area contributed by atoms with Gasteiger partial charge in [0.25, 0.3) is 0 Å². The summed E-state index contributed by atoms with van der Waals surface area (Å²) in [6.45, 7) is 5.15. The van der Waals surface area contributed by atoms with E-state index in [9.17, 15) is 4.39 Å². The molecule has 108 valence electrons. The number of hydrogen-bond acceptors (Lipinski definition) is 2. The Labute approximate surface area is 127 Å². The Morgan fingerprint density at radius 2 is 2.30 bits per heavy atom. The monoisotopic (exact) mass is 313 g/mol. The van der Waals surface area contributed by atoms with E-state index in [4.69, 9.17) is 23.8 Å². The largest absolute Gasteiger partial charge is 0.331 e. The topological polar surface area (TPSA) is 24.0 Å². The molecule has 1 aromatic heterocycles. The zero-order chi connectivity index (χ0) is 14.3. The summed E-state index contributed by atoms with van der Waals surface area (Å²) >= 11 is 11.2. The molecule has 1 N–H and O–H groups in total. The zero-order valence-electron chi connectivity index (χ0n) is 11.3. The fourth-order valence-corrected chi connectivity index (χ4v) is 3.51. The summed E-state index contributed by atoms with van der Waals surface area (Å²) in [5, 5.41) is 0.122. The second-order valence-corrected chi connectivity index (χ2v) is 6.04. The number of rotatable bonds is 3. The molecule has 0 amide bonds. The number of halogens is 2. The first-order valence-corrected chi connectivity index (χ1v) is 7.70. The predicted octanol–water partition coefficient (Wildman–Crippen LogP) is 3.98. The minimum atomic E-state index is -0.402. The summed E-state index contributed by atoms with van der Waals surface area (Å²) in [5.74, 6) is -0.402. The van der Waals surface area contributed by atoms with Gasteiger partial charge in [-0.3, -0.25) is 4.90 Å². The molecule has 1 aliphatic heterocycles. The molecule has 6 heteroatoms. The van der Waals surface area contributed by atoms with Crippen LogP contribution < -0.4 is 0 Å². The van der Waals surface area contributed by atoms with Crippen LogP contribution in [0.1, 0.15) is 19.8 Å². The number of hydrogen-bond donors (Lipinski definition) is 1. The summed E-state index contributed by atoms with van der Waals surface area (Å²) in [6, 6.07) is 3.55. The summed E-state index contributed by atoms with van der Waals surface area (Å²) in [4.78, 5) is 5.56. The van der Waals surface area contributed by atoms with Gasteiger partial charge in [0.1, 0.15) is 5.82 Å². The Hall–Kier alpha value is -0.910. The lowest BCUT2D eigenvalue weighted by Gasteiger charge is -2.23. The van der Waals surface area contributed by atoms with E-state index < -0.39 is 5.82 Å². The molecule has 0 spiro atoms. The van der Waals surface area contributed by atoms with Crippen LogP contribution in [0.2, 0.25) is 5.02 Å². The second kappa shape index (κ2) is 5.47. The van der Waals surface area contributed by atoms with Crippen LogP contribution in [0.15, 0.2) is 12.1 Å². The summed E-state index contributed by atoms with van der Waals surface area (Å²) < 4.78 is 16.3. The lowest BCUT2D eigenvalue weighted by Crippen LogP contribution is -2.32. The molecule has 0 radical (unpaired) electrons. The Balaban J connectivity index is 2.01. The van der Waals surface area contributed by atoms with Crippen molar-refractivity contribution in [3.05, 3.63) is 27.7 Å². The number of benzene rings is 1. The number of nitrogens with zero attached hydrogens (tertiary/aromatic N) is 2. The van der Waals surface area contributed by atoms with Crippen LogP contribution in [-0.2, 0) is 6.54 Å². The average Bonchev–Trinajstić information content (AvgIpc) is 2.97. The first-order chi connectivity index (χ1) is 9.60. The van der Waals surface area contributed by atoms with Crippen molar-refractivity contribution in [1.29, 1.82) is 0 Å². The van der Waals surface area contributed by atoms with E-state index in [0.29, 0.717) is 10.8 Å². The highest BCUT2D eigenvalue weighted by Gasteiger charge is 2.24. The number of likely N-dealkylation sites (tertiary alicyclic amines) is 1. The van der Waals surface area contributed by atoms with Gasteiger partial charge in [-0.05, 0) is 44.2 Å². The van der Waals surface area contributed by atoms with E-state index in [-0.39, 0.29) is 5.02 Å². The molecule has 2 heterocycles. The Morgan fingerprint density at radius 3 is 3.05 bits per heavy atom. The average molecular weight is 314 g/mol. The van der Waals surface area contributed by atoms with E-state index in [1.165, 1.54) is 18.9 Å². The maximum Gasteiger partial charge on any atom is 0.178 e. The maximum absolute atomic E-state index is 13.7. The minimum absolute atomic E-state index is 0.122. The Morgan fingerprint density at radius 1 is 1.50 bits per heavy atom. The van der Waals surface area contributed by atoms with Gasteiger partial charge in [0.2, 0.25) is 0 Å². The summed E-state index contributed by atoms with van der Waals surface area (Å²) in [6.07, 6.45) is 2.38. The lowest BCUT2D eigenvalue weighted by molar-refractivity contribution is 0.245. The fourth-order valence-electron chi connectivity index (χ4n) is 3.06. The smallest absolute Gasteiger partial charge is 0.178 e. The van der Waals surface area contributed by atoms with Gasteiger partial charge in [-0.1, -0.05) is 18.5 Å². The highest BCUT2D eigenvalue weighted by Crippen LogP contribution is 2.25. The number of likely N-dealkylation sites (N-methyl/N-ethyl adjacent to an activating group) is 1. The fraction of sp³-hybridized carbons (Fsp3) is 0.500. The molecule has 1 aromatic carbocycles. The minimum Gasteiger partial charge on any atom is -0.331 e. The van der Waals surface area contributed by atoms with Crippen LogP contribution in [0.5, 0.6) is 0 Å². The SMILES string of the molecule is CCN1CCCC1Cn1c(=S)[nH]c2cc(Cl)c(F)cc21. The van der Waals surface area contributed by atoms with Crippen LogP contribution in [0.25, 0.3) is 11.0 Å². The molecular formula is C14H17ClFN3S. The molecule has 2 aromatic rings. The standard InChI is InChI=1S/C14H17ClFN3S/c1-2-18-5-3-4-9(18)8-19-13-7-11(16)10(15)6-12(13)17-14(19)20/h6-7,9H,2-5,8H2,1H3,(H,17,20). The summed E-state index contributed by atoms with van der Waals surface area (Å²) in [5.41, 5.74) is 1.59. The molecule has 3 rings (SSSR count). The first-order valence-electron chi connectivity index (χ1n) is 6.91. The van der Waals surface area contributed by atoms with Crippen LogP contribution in [-0.4, -0.2) is 33.6 Å². The van der Waals surface area contributed by atoms with Gasteiger partial charge in [0, 0.05) is 18.7 Å². The van der Waals surface area contributed by atoms with E-state index in [1.807, 2.05) is 4.57 Å². The van der Waals surface area contributed by atoms with E-state index in [0.717, 1.165) is 30.7 Å². The number of aromatic amines is 1. The molecule has 0 aliphatic carbocycles. The molecule has 1 fully saturated rings. The third-order valence-electron chi connectivity index (χ3n) is 4.11. The first kappa shape index (κ1) is 14.0. The molecule has 1 aliphatic rings. The Bertz CT molecular complexity index is 694. The third kappa shape index (κ3) is 2.38. The molecule has 20 heavy (non-hydrogen) atoms. The molecule has 1 saturated heterocycles. The highest BCUT2D eigenvalue weighted by molar-refractivity contribution is 7.71. The molecular weight excluding hydrogens is 297 g/mol. The van der Waals surface area contributed by atoms with Gasteiger partial charge in [-0.25, -0.2) is 4.39 Å². The van der Waals surface area contributed by atoms with Crippen LogP contribution in [0.3, 0.4) is 0 Å². The van der Waals surface area contributed by atoms with Crippen molar-refractivity contribution >= 4 is 34.9 Å². The number of imidazole rings is 1. The van der Waals surface area contributed by atoms with Gasteiger partial charge < -0.3 is 9.55 Å². The van der Waals surface area contributed by atoms with Gasteiger partial charge in [-0.2, -0.15) is 0 Å². The van der Waals surface area contributed by atoms with Crippen LogP contribution in [0.4, 0.5) is 4.39 Å². The van der Waals surface area contributed by atoms with E-state index in [2.05, 4.69) is 16.8 Å². The number of nitrogens with one attached hydrogen (secondary N) is 1. The van der Waals surface area contributed by atoms with Crippen LogP contribution in [0, 0.1) is 10.6 Å². The molecule has 0 saturated carbocycles. The van der Waals surface area contributed by atoms with Crippen molar-refractivity contribution in [2.45, 2.75) is 32.4 Å². The predicted molar refractivity (Wildman–Crippen MR) is 82.4 cm³/mol. The van der Waals surface area contributed by atoms with Crippen LogP contribution >= 0.6 is 23.8 Å². The van der Waals surface area contributed by atoms with Crippen molar-refractivity contribution in [2.75, 3.05) is 13.1 Å². The number of aromatic nitrogens is 2. The maximum atomic E-state index is 13.7. The van der Waals surface area contributed by atoms with Crippen molar-refractivity contribution in [2.24, 2.45) is 0 Å². The van der Waals surface area contributed by atoms with E-state index >= 15 is 0 Å². The van der Waals surface area contributed by atoms with Gasteiger partial charge >= 0.3 is 0 Å². The van der Waals surface area contributed by atoms with Crippen molar-refractivity contribution in [3.63, 3.8) is 0 Å². The molecule has 1 unspecified atom stereocenters. The second-order valence-electron chi connectivity index (χ2n) is 5.25. The molecule has 0 bridgehead atoms. The number of H-pyrrole nitrogens is 1. The highest BCUT2D eigenvalue weighted by atomic mass is 35.5.